The third-order valence-corrected chi connectivity index (χ3v) is 6.48. The summed E-state index contributed by atoms with van der Waals surface area (Å²) in [5.74, 6) is -0.400. The van der Waals surface area contributed by atoms with Crippen molar-refractivity contribution in [1.82, 2.24) is 15.1 Å². The summed E-state index contributed by atoms with van der Waals surface area (Å²) in [6.45, 7) is 4.77. The normalized spacial score (nSPS) is 19.1. The molecule has 4 amide bonds. The summed E-state index contributed by atoms with van der Waals surface area (Å²) in [4.78, 5) is 41.9. The monoisotopic (exact) mass is 448 g/mol. The number of hydrogen-bond acceptors (Lipinski definition) is 3. The van der Waals surface area contributed by atoms with Crippen LogP contribution in [0.1, 0.15) is 54.6 Å². The summed E-state index contributed by atoms with van der Waals surface area (Å²) in [5.41, 5.74) is 2.19. The molecule has 2 saturated heterocycles. The van der Waals surface area contributed by atoms with Crippen molar-refractivity contribution < 1.29 is 14.4 Å². The van der Waals surface area contributed by atoms with Gasteiger partial charge in [-0.15, -0.1) is 0 Å². The first-order chi connectivity index (χ1) is 16.0. The number of piperidine rings is 1. The Hall–Kier alpha value is -3.35. The van der Waals surface area contributed by atoms with Crippen molar-refractivity contribution in [3.8, 4) is 0 Å². The maximum atomic E-state index is 13.0. The van der Waals surface area contributed by atoms with Crippen LogP contribution in [0.2, 0.25) is 0 Å². The van der Waals surface area contributed by atoms with Crippen molar-refractivity contribution in [2.24, 2.45) is 5.92 Å². The molecule has 0 bridgehead atoms. The van der Waals surface area contributed by atoms with Gasteiger partial charge >= 0.3 is 6.03 Å². The van der Waals surface area contributed by atoms with Crippen molar-refractivity contribution in [1.29, 1.82) is 0 Å². The molecule has 2 N–H and O–H groups in total. The molecule has 0 spiro atoms. The lowest BCUT2D eigenvalue weighted by atomic mass is 9.96. The minimum Gasteiger partial charge on any atom is -0.349 e. The maximum Gasteiger partial charge on any atom is 0.320 e. The SMILES string of the molecule is C[C@@H](NC(=O)[C@H]1CCCN(C(=O)N2CCCC2)C1)c1cccc(NC(=O)c2ccccc2)c1. The van der Waals surface area contributed by atoms with E-state index in [0.717, 1.165) is 50.9 Å². The van der Waals surface area contributed by atoms with E-state index in [1.807, 2.05) is 59.2 Å². The lowest BCUT2D eigenvalue weighted by molar-refractivity contribution is -0.127. The standard InChI is InChI=1S/C26H32N4O3/c1-19(21-11-7-13-23(17-21)28-24(31)20-9-3-2-4-10-20)27-25(32)22-12-8-16-30(18-22)26(33)29-14-5-6-15-29/h2-4,7,9-11,13,17,19,22H,5-6,8,12,14-16,18H2,1H3,(H,27,32)(H,28,31)/t19-,22+/m1/s1. The first-order valence-corrected chi connectivity index (χ1v) is 11.8. The first-order valence-electron chi connectivity index (χ1n) is 11.8. The average molecular weight is 449 g/mol. The van der Waals surface area contributed by atoms with E-state index in [9.17, 15) is 14.4 Å². The number of carbonyl (C=O) groups is 3. The maximum absolute atomic E-state index is 13.0. The number of rotatable bonds is 5. The van der Waals surface area contributed by atoms with E-state index in [1.54, 1.807) is 12.1 Å². The van der Waals surface area contributed by atoms with Crippen molar-refractivity contribution in [3.63, 3.8) is 0 Å². The zero-order chi connectivity index (χ0) is 23.2. The molecule has 2 aromatic rings. The summed E-state index contributed by atoms with van der Waals surface area (Å²) in [6, 6.07) is 16.4. The van der Waals surface area contributed by atoms with Crippen molar-refractivity contribution in [3.05, 3.63) is 65.7 Å². The molecule has 2 heterocycles. The molecule has 174 valence electrons. The summed E-state index contributed by atoms with van der Waals surface area (Å²) >= 11 is 0. The van der Waals surface area contributed by atoms with Gasteiger partial charge in [0.05, 0.1) is 12.0 Å². The Morgan fingerprint density at radius 2 is 1.64 bits per heavy atom. The molecular formula is C26H32N4O3. The van der Waals surface area contributed by atoms with Gasteiger partial charge in [0.25, 0.3) is 5.91 Å². The highest BCUT2D eigenvalue weighted by Crippen LogP contribution is 2.23. The molecule has 2 fully saturated rings. The molecule has 2 aliphatic heterocycles. The number of nitrogens with zero attached hydrogens (tertiary/aromatic N) is 2. The Bertz CT molecular complexity index is 988. The topological polar surface area (TPSA) is 81.8 Å². The van der Waals surface area contributed by atoms with Crippen LogP contribution in [-0.2, 0) is 4.79 Å². The molecule has 2 atom stereocenters. The van der Waals surface area contributed by atoms with Gasteiger partial charge in [0.2, 0.25) is 5.91 Å². The van der Waals surface area contributed by atoms with Crippen LogP contribution < -0.4 is 10.6 Å². The zero-order valence-corrected chi connectivity index (χ0v) is 19.1. The fourth-order valence-corrected chi connectivity index (χ4v) is 4.57. The Kier molecular flexibility index (Phi) is 7.27. The number of amides is 4. The molecule has 0 radical (unpaired) electrons. The second kappa shape index (κ2) is 10.5. The van der Waals surface area contributed by atoms with Gasteiger partial charge in [-0.25, -0.2) is 4.79 Å². The van der Waals surface area contributed by atoms with Crippen LogP contribution in [-0.4, -0.2) is 53.8 Å². The molecule has 33 heavy (non-hydrogen) atoms. The second-order valence-corrected chi connectivity index (χ2v) is 8.94. The number of hydrogen-bond donors (Lipinski definition) is 2. The number of nitrogens with one attached hydrogen (secondary N) is 2. The van der Waals surface area contributed by atoms with E-state index in [2.05, 4.69) is 10.6 Å². The fourth-order valence-electron chi connectivity index (χ4n) is 4.57. The molecule has 7 nitrogen and oxygen atoms in total. The lowest BCUT2D eigenvalue weighted by Crippen LogP contribution is -2.49. The van der Waals surface area contributed by atoms with Gasteiger partial charge in [0.1, 0.15) is 0 Å². The van der Waals surface area contributed by atoms with E-state index < -0.39 is 0 Å². The van der Waals surface area contributed by atoms with Gasteiger partial charge in [0, 0.05) is 37.4 Å². The van der Waals surface area contributed by atoms with Gasteiger partial charge in [-0.05, 0) is 62.4 Å². The van der Waals surface area contributed by atoms with Crippen LogP contribution in [0.4, 0.5) is 10.5 Å². The molecule has 2 aliphatic rings. The fraction of sp³-hybridized carbons (Fsp3) is 0.423. The summed E-state index contributed by atoms with van der Waals surface area (Å²) in [6.07, 6.45) is 3.75. The Labute approximate surface area is 195 Å². The zero-order valence-electron chi connectivity index (χ0n) is 19.1. The third kappa shape index (κ3) is 5.72. The Balaban J connectivity index is 1.34. The van der Waals surface area contributed by atoms with Crippen LogP contribution in [0.15, 0.2) is 54.6 Å². The van der Waals surface area contributed by atoms with Crippen LogP contribution in [0.3, 0.4) is 0 Å². The molecule has 0 aliphatic carbocycles. The number of benzene rings is 2. The molecular weight excluding hydrogens is 416 g/mol. The third-order valence-electron chi connectivity index (χ3n) is 6.48. The van der Waals surface area contributed by atoms with Crippen molar-refractivity contribution >= 4 is 23.5 Å². The highest BCUT2D eigenvalue weighted by molar-refractivity contribution is 6.04. The molecule has 2 aromatic carbocycles. The van der Waals surface area contributed by atoms with E-state index in [0.29, 0.717) is 17.8 Å². The highest BCUT2D eigenvalue weighted by Gasteiger charge is 2.32. The quantitative estimate of drug-likeness (QED) is 0.724. The van der Waals surface area contributed by atoms with Gasteiger partial charge in [-0.2, -0.15) is 0 Å². The predicted octanol–water partition coefficient (Wildman–Crippen LogP) is 4.04. The number of carbonyl (C=O) groups excluding carboxylic acids is 3. The van der Waals surface area contributed by atoms with E-state index >= 15 is 0 Å². The minimum absolute atomic E-state index is 0.0276. The van der Waals surface area contributed by atoms with E-state index in [1.165, 1.54) is 0 Å². The summed E-state index contributed by atoms with van der Waals surface area (Å²) < 4.78 is 0. The van der Waals surface area contributed by atoms with Crippen molar-refractivity contribution in [2.75, 3.05) is 31.5 Å². The minimum atomic E-state index is -0.212. The van der Waals surface area contributed by atoms with Gasteiger partial charge in [-0.1, -0.05) is 30.3 Å². The lowest BCUT2D eigenvalue weighted by Gasteiger charge is -2.35. The molecule has 0 saturated carbocycles. The van der Waals surface area contributed by atoms with E-state index in [-0.39, 0.29) is 29.8 Å². The van der Waals surface area contributed by atoms with Crippen LogP contribution in [0, 0.1) is 5.92 Å². The second-order valence-electron chi connectivity index (χ2n) is 8.94. The largest absolute Gasteiger partial charge is 0.349 e. The number of likely N-dealkylation sites (tertiary alicyclic amines) is 2. The van der Waals surface area contributed by atoms with Crippen LogP contribution >= 0.6 is 0 Å². The van der Waals surface area contributed by atoms with Gasteiger partial charge in [0.15, 0.2) is 0 Å². The average Bonchev–Trinajstić information content (AvgIpc) is 3.39. The first kappa shape index (κ1) is 22.8. The summed E-state index contributed by atoms with van der Waals surface area (Å²) in [5, 5.41) is 6.02. The van der Waals surface area contributed by atoms with E-state index in [4.69, 9.17) is 0 Å². The summed E-state index contributed by atoms with van der Waals surface area (Å²) in [7, 11) is 0. The van der Waals surface area contributed by atoms with Crippen molar-refractivity contribution in [2.45, 2.75) is 38.6 Å². The highest BCUT2D eigenvalue weighted by atomic mass is 16.2. The number of anilines is 1. The van der Waals surface area contributed by atoms with Crippen LogP contribution in [0.5, 0.6) is 0 Å². The molecule has 0 unspecified atom stereocenters. The molecule has 7 heteroatoms. The number of urea groups is 1. The predicted molar refractivity (Wildman–Crippen MR) is 128 cm³/mol. The molecule has 0 aromatic heterocycles. The van der Waals surface area contributed by atoms with Gasteiger partial charge < -0.3 is 20.4 Å². The smallest absolute Gasteiger partial charge is 0.320 e. The molecule has 4 rings (SSSR count). The Morgan fingerprint density at radius 3 is 2.39 bits per heavy atom. The Morgan fingerprint density at radius 1 is 0.909 bits per heavy atom. The van der Waals surface area contributed by atoms with Gasteiger partial charge in [-0.3, -0.25) is 9.59 Å². The van der Waals surface area contributed by atoms with Crippen LogP contribution in [0.25, 0.3) is 0 Å².